The molecule has 0 aromatic heterocycles. The van der Waals surface area contributed by atoms with Gasteiger partial charge in [0, 0.05) is 6.08 Å². The normalized spacial score (nSPS) is 13.2. The van der Waals surface area contributed by atoms with E-state index in [9.17, 15) is 14.0 Å². The Bertz CT molecular complexity index is 759. The van der Waals surface area contributed by atoms with Gasteiger partial charge in [-0.2, -0.15) is 0 Å². The second kappa shape index (κ2) is 8.78. The number of ether oxygens (including phenoxy) is 1. The summed E-state index contributed by atoms with van der Waals surface area (Å²) in [6, 6.07) is 14.6. The summed E-state index contributed by atoms with van der Waals surface area (Å²) in [5.74, 6) is -1.72. The minimum atomic E-state index is -0.557. The second-order valence-corrected chi connectivity index (χ2v) is 5.60. The lowest BCUT2D eigenvalue weighted by Crippen LogP contribution is -2.35. The number of amides is 1. The number of esters is 1. The molecule has 25 heavy (non-hydrogen) atoms. The number of methoxy groups -OCH3 is 1. The van der Waals surface area contributed by atoms with Crippen LogP contribution in [0.4, 0.5) is 4.39 Å². The zero-order chi connectivity index (χ0) is 18.2. The van der Waals surface area contributed by atoms with E-state index in [1.165, 1.54) is 31.4 Å². The quantitative estimate of drug-likeness (QED) is 0.646. The van der Waals surface area contributed by atoms with E-state index in [0.717, 1.165) is 5.56 Å². The molecule has 0 aliphatic carbocycles. The maximum atomic E-state index is 13.2. The first-order valence-electron chi connectivity index (χ1n) is 7.88. The van der Waals surface area contributed by atoms with Gasteiger partial charge in [0.25, 0.3) is 0 Å². The average molecular weight is 341 g/mol. The smallest absolute Gasteiger partial charge is 0.310 e. The molecule has 0 radical (unpaired) electrons. The lowest BCUT2D eigenvalue weighted by Gasteiger charge is -2.23. The molecular formula is C20H20FNO3. The molecule has 2 aromatic carbocycles. The highest BCUT2D eigenvalue weighted by Gasteiger charge is 2.27. The van der Waals surface area contributed by atoms with Gasteiger partial charge in [-0.15, -0.1) is 0 Å². The number of hydrogen-bond acceptors (Lipinski definition) is 3. The van der Waals surface area contributed by atoms with Gasteiger partial charge in [-0.3, -0.25) is 9.59 Å². The number of rotatable bonds is 6. The molecular weight excluding hydrogens is 321 g/mol. The monoisotopic (exact) mass is 341 g/mol. The molecule has 4 nitrogen and oxygen atoms in total. The summed E-state index contributed by atoms with van der Waals surface area (Å²) in [7, 11) is 1.31. The second-order valence-electron chi connectivity index (χ2n) is 5.60. The SMILES string of the molecule is COC(=O)[C@H](C)[C@H](NC(=O)/C=C\c1cccc(F)c1)c1ccccc1. The van der Waals surface area contributed by atoms with E-state index >= 15 is 0 Å². The molecule has 1 amide bonds. The molecule has 0 saturated carbocycles. The first kappa shape index (κ1) is 18.4. The molecule has 0 aliphatic heterocycles. The molecule has 2 aromatic rings. The zero-order valence-electron chi connectivity index (χ0n) is 14.1. The molecule has 2 rings (SSSR count). The zero-order valence-corrected chi connectivity index (χ0v) is 14.1. The third-order valence-electron chi connectivity index (χ3n) is 3.81. The van der Waals surface area contributed by atoms with Crippen LogP contribution in [-0.2, 0) is 14.3 Å². The molecule has 0 spiro atoms. The minimum absolute atomic E-state index is 0.371. The molecule has 130 valence electrons. The van der Waals surface area contributed by atoms with Crippen LogP contribution >= 0.6 is 0 Å². The Morgan fingerprint density at radius 3 is 2.48 bits per heavy atom. The highest BCUT2D eigenvalue weighted by molar-refractivity contribution is 5.92. The van der Waals surface area contributed by atoms with Gasteiger partial charge in [0.2, 0.25) is 5.91 Å². The minimum Gasteiger partial charge on any atom is -0.469 e. The van der Waals surface area contributed by atoms with Gasteiger partial charge in [0.1, 0.15) is 5.82 Å². The first-order chi connectivity index (χ1) is 12.0. The van der Waals surface area contributed by atoms with E-state index in [2.05, 4.69) is 5.32 Å². The molecule has 0 heterocycles. The third-order valence-corrected chi connectivity index (χ3v) is 3.81. The van der Waals surface area contributed by atoms with Crippen LogP contribution in [0.15, 0.2) is 60.7 Å². The van der Waals surface area contributed by atoms with Crippen LogP contribution in [0.1, 0.15) is 24.1 Å². The van der Waals surface area contributed by atoms with Crippen molar-refractivity contribution in [2.45, 2.75) is 13.0 Å². The topological polar surface area (TPSA) is 55.4 Å². The van der Waals surface area contributed by atoms with Gasteiger partial charge in [0.05, 0.1) is 19.1 Å². The van der Waals surface area contributed by atoms with Crippen molar-refractivity contribution in [3.8, 4) is 0 Å². The summed E-state index contributed by atoms with van der Waals surface area (Å²) < 4.78 is 18.0. The highest BCUT2D eigenvalue weighted by Crippen LogP contribution is 2.23. The van der Waals surface area contributed by atoms with E-state index in [1.807, 2.05) is 30.3 Å². The molecule has 0 saturated heterocycles. The fourth-order valence-corrected chi connectivity index (χ4v) is 2.46. The predicted molar refractivity (Wildman–Crippen MR) is 93.9 cm³/mol. The van der Waals surface area contributed by atoms with Crippen molar-refractivity contribution < 1.29 is 18.7 Å². The number of halogens is 1. The van der Waals surface area contributed by atoms with Crippen molar-refractivity contribution in [3.05, 3.63) is 77.6 Å². The Hall–Kier alpha value is -2.95. The van der Waals surface area contributed by atoms with Gasteiger partial charge in [0.15, 0.2) is 0 Å². The summed E-state index contributed by atoms with van der Waals surface area (Å²) in [4.78, 5) is 24.1. The van der Waals surface area contributed by atoms with E-state index in [-0.39, 0.29) is 11.7 Å². The number of hydrogen-bond donors (Lipinski definition) is 1. The Labute approximate surface area is 146 Å². The van der Waals surface area contributed by atoms with Gasteiger partial charge >= 0.3 is 5.97 Å². The largest absolute Gasteiger partial charge is 0.469 e. The van der Waals surface area contributed by atoms with E-state index in [4.69, 9.17) is 4.74 Å². The van der Waals surface area contributed by atoms with Crippen LogP contribution in [0.25, 0.3) is 6.08 Å². The molecule has 2 atom stereocenters. The molecule has 0 bridgehead atoms. The van der Waals surface area contributed by atoms with Gasteiger partial charge < -0.3 is 10.1 Å². The average Bonchev–Trinajstić information content (AvgIpc) is 2.64. The Morgan fingerprint density at radius 2 is 1.84 bits per heavy atom. The van der Waals surface area contributed by atoms with Crippen molar-refractivity contribution in [2.75, 3.05) is 7.11 Å². The first-order valence-corrected chi connectivity index (χ1v) is 7.88. The van der Waals surface area contributed by atoms with Crippen LogP contribution in [0.2, 0.25) is 0 Å². The number of carbonyl (C=O) groups is 2. The standard InChI is InChI=1S/C20H20FNO3/c1-14(20(24)25-2)19(16-8-4-3-5-9-16)22-18(23)12-11-15-7-6-10-17(21)13-15/h3-14,19H,1-2H3,(H,22,23)/b12-11-/t14-,19+/m1/s1. The maximum Gasteiger partial charge on any atom is 0.310 e. The summed E-state index contributed by atoms with van der Waals surface area (Å²) >= 11 is 0. The highest BCUT2D eigenvalue weighted by atomic mass is 19.1. The van der Waals surface area contributed by atoms with Crippen LogP contribution in [0, 0.1) is 11.7 Å². The van der Waals surface area contributed by atoms with Gasteiger partial charge in [-0.05, 0) is 36.3 Å². The van der Waals surface area contributed by atoms with Crippen molar-refractivity contribution in [2.24, 2.45) is 5.92 Å². The summed E-state index contributed by atoms with van der Waals surface area (Å²) in [6.07, 6.45) is 2.83. The van der Waals surface area contributed by atoms with Crippen molar-refractivity contribution >= 4 is 18.0 Å². The lowest BCUT2D eigenvalue weighted by molar-refractivity contribution is -0.146. The summed E-state index contributed by atoms with van der Waals surface area (Å²) in [5, 5.41) is 2.81. The lowest BCUT2D eigenvalue weighted by atomic mass is 9.94. The Balaban J connectivity index is 2.15. The fraction of sp³-hybridized carbons (Fsp3) is 0.200. The van der Waals surface area contributed by atoms with Crippen LogP contribution in [0.5, 0.6) is 0 Å². The van der Waals surface area contributed by atoms with Crippen LogP contribution < -0.4 is 5.32 Å². The number of carbonyl (C=O) groups excluding carboxylic acids is 2. The Morgan fingerprint density at radius 1 is 1.12 bits per heavy atom. The van der Waals surface area contributed by atoms with Crippen molar-refractivity contribution in [1.29, 1.82) is 0 Å². The molecule has 0 unspecified atom stereocenters. The Kier molecular flexibility index (Phi) is 6.46. The summed E-state index contributed by atoms with van der Waals surface area (Å²) in [6.45, 7) is 1.69. The van der Waals surface area contributed by atoms with Crippen LogP contribution in [-0.4, -0.2) is 19.0 Å². The number of benzene rings is 2. The summed E-state index contributed by atoms with van der Waals surface area (Å²) in [5.41, 5.74) is 1.38. The van der Waals surface area contributed by atoms with E-state index in [1.54, 1.807) is 19.1 Å². The third kappa shape index (κ3) is 5.28. The molecule has 0 fully saturated rings. The van der Waals surface area contributed by atoms with E-state index in [0.29, 0.717) is 5.56 Å². The van der Waals surface area contributed by atoms with Gasteiger partial charge in [-0.25, -0.2) is 4.39 Å². The van der Waals surface area contributed by atoms with Gasteiger partial charge in [-0.1, -0.05) is 42.5 Å². The fourth-order valence-electron chi connectivity index (χ4n) is 2.46. The predicted octanol–water partition coefficient (Wildman–Crippen LogP) is 3.51. The van der Waals surface area contributed by atoms with Crippen molar-refractivity contribution in [1.82, 2.24) is 5.32 Å². The molecule has 1 N–H and O–H groups in total. The van der Waals surface area contributed by atoms with Crippen molar-refractivity contribution in [3.63, 3.8) is 0 Å². The van der Waals surface area contributed by atoms with Crippen LogP contribution in [0.3, 0.4) is 0 Å². The van der Waals surface area contributed by atoms with E-state index < -0.39 is 17.9 Å². The molecule has 5 heteroatoms. The maximum absolute atomic E-state index is 13.2. The molecule has 0 aliphatic rings. The number of nitrogens with one attached hydrogen (secondary N) is 1.